The molecule has 1 saturated heterocycles. The van der Waals surface area contributed by atoms with Gasteiger partial charge in [-0.1, -0.05) is 30.3 Å². The Bertz CT molecular complexity index is 933. The number of fused-ring (bicyclic) bond motifs is 1. The summed E-state index contributed by atoms with van der Waals surface area (Å²) >= 11 is 0. The quantitative estimate of drug-likeness (QED) is 0.596. The Hall–Kier alpha value is -2.70. The summed E-state index contributed by atoms with van der Waals surface area (Å²) < 4.78 is 11.2. The number of rotatable bonds is 8. The average Bonchev–Trinajstić information content (AvgIpc) is 3.19. The van der Waals surface area contributed by atoms with Gasteiger partial charge in [0.25, 0.3) is 5.91 Å². The van der Waals surface area contributed by atoms with Crippen LogP contribution in [0, 0.1) is 0 Å². The molecule has 6 nitrogen and oxygen atoms in total. The van der Waals surface area contributed by atoms with Crippen molar-refractivity contribution in [1.82, 2.24) is 15.2 Å². The van der Waals surface area contributed by atoms with Crippen LogP contribution in [0.25, 0.3) is 11.1 Å². The number of amides is 1. The number of aromatic nitrogens is 1. The minimum absolute atomic E-state index is 0.0730. The summed E-state index contributed by atoms with van der Waals surface area (Å²) in [5.41, 5.74) is 3.31. The Balaban J connectivity index is 1.29. The third-order valence-electron chi connectivity index (χ3n) is 5.21. The lowest BCUT2D eigenvalue weighted by atomic mass is 10.1. The maximum absolute atomic E-state index is 12.5. The Morgan fingerprint density at radius 3 is 2.72 bits per heavy atom. The van der Waals surface area contributed by atoms with Crippen molar-refractivity contribution in [1.29, 1.82) is 0 Å². The normalized spacial score (nSPS) is 14.9. The van der Waals surface area contributed by atoms with E-state index in [0.29, 0.717) is 23.6 Å². The first-order valence-corrected chi connectivity index (χ1v) is 10.3. The Morgan fingerprint density at radius 1 is 1.07 bits per heavy atom. The molecule has 0 spiro atoms. The zero-order chi connectivity index (χ0) is 19.9. The number of nitrogens with zero attached hydrogens (tertiary/aromatic N) is 2. The molecule has 0 radical (unpaired) electrons. The van der Waals surface area contributed by atoms with Crippen LogP contribution in [0.4, 0.5) is 0 Å². The van der Waals surface area contributed by atoms with E-state index < -0.39 is 0 Å². The molecule has 1 aliphatic rings. The summed E-state index contributed by atoms with van der Waals surface area (Å²) in [5, 5.41) is 3.00. The topological polar surface area (TPSA) is 67.6 Å². The molecule has 1 aromatic heterocycles. The van der Waals surface area contributed by atoms with Crippen molar-refractivity contribution in [2.45, 2.75) is 19.3 Å². The predicted molar refractivity (Wildman–Crippen MR) is 112 cm³/mol. The van der Waals surface area contributed by atoms with Gasteiger partial charge in [0.05, 0.1) is 13.2 Å². The highest BCUT2D eigenvalue weighted by Crippen LogP contribution is 2.19. The Labute approximate surface area is 170 Å². The third-order valence-corrected chi connectivity index (χ3v) is 5.21. The molecule has 1 aliphatic heterocycles. The second-order valence-corrected chi connectivity index (χ2v) is 7.34. The number of aryl methyl sites for hydroxylation is 2. The molecule has 152 valence electrons. The van der Waals surface area contributed by atoms with Gasteiger partial charge in [-0.2, -0.15) is 0 Å². The molecule has 6 heteroatoms. The van der Waals surface area contributed by atoms with Gasteiger partial charge in [-0.25, -0.2) is 4.98 Å². The van der Waals surface area contributed by atoms with Gasteiger partial charge >= 0.3 is 0 Å². The average molecular weight is 393 g/mol. The minimum atomic E-state index is -0.0730. The van der Waals surface area contributed by atoms with E-state index in [9.17, 15) is 4.79 Å². The molecule has 0 aliphatic carbocycles. The number of hydrogen-bond donors (Lipinski definition) is 1. The van der Waals surface area contributed by atoms with Gasteiger partial charge in [0.15, 0.2) is 11.5 Å². The molecule has 0 atom stereocenters. The second-order valence-electron chi connectivity index (χ2n) is 7.34. The van der Waals surface area contributed by atoms with Gasteiger partial charge in [0.1, 0.15) is 5.52 Å². The van der Waals surface area contributed by atoms with Crippen molar-refractivity contribution in [3.63, 3.8) is 0 Å². The summed E-state index contributed by atoms with van der Waals surface area (Å²) in [6, 6.07) is 15.7. The van der Waals surface area contributed by atoms with Crippen LogP contribution < -0.4 is 5.32 Å². The van der Waals surface area contributed by atoms with Gasteiger partial charge in [0.2, 0.25) is 0 Å². The molecule has 2 aromatic carbocycles. The van der Waals surface area contributed by atoms with Crippen molar-refractivity contribution in [2.24, 2.45) is 0 Å². The van der Waals surface area contributed by atoms with E-state index in [0.717, 1.165) is 57.6 Å². The van der Waals surface area contributed by atoms with Crippen LogP contribution in [0.3, 0.4) is 0 Å². The highest BCUT2D eigenvalue weighted by atomic mass is 16.5. The summed E-state index contributed by atoms with van der Waals surface area (Å²) in [6.07, 6.45) is 2.55. The standard InChI is InChI=1S/C23H27N3O3/c27-23(24-11-4-12-26-13-15-28-16-14-26)19-8-9-20-21(17-19)29-22(25-20)10-7-18-5-2-1-3-6-18/h1-3,5-6,8-9,17H,4,7,10-16H2,(H,24,27). The summed E-state index contributed by atoms with van der Waals surface area (Å²) in [4.78, 5) is 19.4. The first-order chi connectivity index (χ1) is 14.3. The lowest BCUT2D eigenvalue weighted by Gasteiger charge is -2.26. The number of ether oxygens (including phenoxy) is 1. The van der Waals surface area contributed by atoms with Crippen molar-refractivity contribution >= 4 is 17.0 Å². The third kappa shape index (κ3) is 5.43. The van der Waals surface area contributed by atoms with Gasteiger partial charge < -0.3 is 14.5 Å². The minimum Gasteiger partial charge on any atom is -0.441 e. The molecule has 1 fully saturated rings. The molecular formula is C23H27N3O3. The molecule has 3 aromatic rings. The van der Waals surface area contributed by atoms with Gasteiger partial charge in [-0.3, -0.25) is 9.69 Å². The zero-order valence-electron chi connectivity index (χ0n) is 16.6. The number of carbonyl (C=O) groups excluding carboxylic acids is 1. The predicted octanol–water partition coefficient (Wildman–Crippen LogP) is 3.07. The molecule has 2 heterocycles. The molecular weight excluding hydrogens is 366 g/mol. The number of benzene rings is 2. The Morgan fingerprint density at radius 2 is 1.90 bits per heavy atom. The van der Waals surface area contributed by atoms with Crippen LogP contribution in [-0.2, 0) is 17.6 Å². The summed E-state index contributed by atoms with van der Waals surface area (Å²) in [7, 11) is 0. The maximum Gasteiger partial charge on any atom is 0.251 e. The number of oxazole rings is 1. The Kier molecular flexibility index (Phi) is 6.54. The van der Waals surface area contributed by atoms with Crippen molar-refractivity contribution < 1.29 is 13.9 Å². The van der Waals surface area contributed by atoms with E-state index in [1.807, 2.05) is 30.3 Å². The highest BCUT2D eigenvalue weighted by Gasteiger charge is 2.12. The molecule has 0 saturated carbocycles. The first-order valence-electron chi connectivity index (χ1n) is 10.3. The molecule has 1 N–H and O–H groups in total. The van der Waals surface area contributed by atoms with E-state index in [4.69, 9.17) is 9.15 Å². The highest BCUT2D eigenvalue weighted by molar-refractivity contribution is 5.96. The molecule has 4 rings (SSSR count). The second kappa shape index (κ2) is 9.67. The molecule has 0 bridgehead atoms. The smallest absolute Gasteiger partial charge is 0.251 e. The molecule has 1 amide bonds. The number of morpholine rings is 1. The van der Waals surface area contributed by atoms with Crippen LogP contribution in [0.5, 0.6) is 0 Å². The van der Waals surface area contributed by atoms with E-state index in [1.54, 1.807) is 6.07 Å². The summed E-state index contributed by atoms with van der Waals surface area (Å²) in [6.45, 7) is 5.20. The zero-order valence-corrected chi connectivity index (χ0v) is 16.6. The van der Waals surface area contributed by atoms with Crippen LogP contribution in [0.15, 0.2) is 52.9 Å². The lowest BCUT2D eigenvalue weighted by Crippen LogP contribution is -2.38. The maximum atomic E-state index is 12.5. The monoisotopic (exact) mass is 393 g/mol. The number of nitrogens with one attached hydrogen (secondary N) is 1. The SMILES string of the molecule is O=C(NCCCN1CCOCC1)c1ccc2nc(CCc3ccccc3)oc2c1. The van der Waals surface area contributed by atoms with E-state index in [1.165, 1.54) is 5.56 Å². The van der Waals surface area contributed by atoms with Crippen LogP contribution in [0.2, 0.25) is 0 Å². The van der Waals surface area contributed by atoms with Crippen molar-refractivity contribution in [3.8, 4) is 0 Å². The van der Waals surface area contributed by atoms with Gasteiger partial charge in [-0.15, -0.1) is 0 Å². The van der Waals surface area contributed by atoms with E-state index >= 15 is 0 Å². The van der Waals surface area contributed by atoms with E-state index in [2.05, 4.69) is 27.3 Å². The number of carbonyl (C=O) groups is 1. The van der Waals surface area contributed by atoms with Crippen LogP contribution in [-0.4, -0.2) is 55.2 Å². The molecule has 29 heavy (non-hydrogen) atoms. The van der Waals surface area contributed by atoms with Gasteiger partial charge in [0, 0.05) is 31.6 Å². The van der Waals surface area contributed by atoms with Crippen LogP contribution in [0.1, 0.15) is 28.2 Å². The first kappa shape index (κ1) is 19.6. The van der Waals surface area contributed by atoms with E-state index in [-0.39, 0.29) is 5.91 Å². The molecule has 0 unspecified atom stereocenters. The van der Waals surface area contributed by atoms with Crippen LogP contribution >= 0.6 is 0 Å². The van der Waals surface area contributed by atoms with Crippen molar-refractivity contribution in [3.05, 3.63) is 65.5 Å². The fourth-order valence-corrected chi connectivity index (χ4v) is 3.55. The fraction of sp³-hybridized carbons (Fsp3) is 0.391. The van der Waals surface area contributed by atoms with Crippen molar-refractivity contribution in [2.75, 3.05) is 39.4 Å². The lowest BCUT2D eigenvalue weighted by molar-refractivity contribution is 0.0374. The number of hydrogen-bond acceptors (Lipinski definition) is 5. The fourth-order valence-electron chi connectivity index (χ4n) is 3.55. The van der Waals surface area contributed by atoms with Gasteiger partial charge in [-0.05, 0) is 43.1 Å². The largest absolute Gasteiger partial charge is 0.441 e. The summed E-state index contributed by atoms with van der Waals surface area (Å²) in [5.74, 6) is 0.628.